The Bertz CT molecular complexity index is 3840. The molecule has 312 valence electrons. The summed E-state index contributed by atoms with van der Waals surface area (Å²) in [6.07, 6.45) is 0. The van der Waals surface area contributed by atoms with Crippen LogP contribution in [0.4, 0.5) is 17.1 Å². The van der Waals surface area contributed by atoms with Gasteiger partial charge < -0.3 is 9.32 Å². The second kappa shape index (κ2) is 14.7. The molecule has 11 aromatic carbocycles. The summed E-state index contributed by atoms with van der Waals surface area (Å²) < 4.78 is 6.91. The Balaban J connectivity index is 0.940. The number of para-hydroxylation sites is 1. The standard InChI is InChI=1S/C65H41NO/c1-3-17-42(18-4-1)43-37-39-47(40-38-43)66(46-19-5-2-6-20-46)60-31-16-32-61-62(60)56-41-55(49-21-7-8-25-54(49)64(56)67-61)45-35-33-44(34-36-45)48-26-15-27-53-52-24-11-14-30-59(52)65(63(48)53)57-28-12-9-22-50(57)51-23-10-13-29-58(51)65/h1-41H. The molecule has 0 amide bonds. The maximum atomic E-state index is 6.91. The number of furan rings is 1. The Morgan fingerprint density at radius 2 is 0.791 bits per heavy atom. The fraction of sp³-hybridized carbons (Fsp3) is 0.0154. The van der Waals surface area contributed by atoms with Gasteiger partial charge in [-0.2, -0.15) is 0 Å². The van der Waals surface area contributed by atoms with Crippen LogP contribution in [0.2, 0.25) is 0 Å². The summed E-state index contributed by atoms with van der Waals surface area (Å²) in [5.74, 6) is 0. The lowest BCUT2D eigenvalue weighted by Gasteiger charge is -2.32. The predicted molar refractivity (Wildman–Crippen MR) is 279 cm³/mol. The highest BCUT2D eigenvalue weighted by Gasteiger charge is 2.52. The molecule has 0 saturated heterocycles. The molecule has 67 heavy (non-hydrogen) atoms. The monoisotopic (exact) mass is 851 g/mol. The van der Waals surface area contributed by atoms with E-state index in [4.69, 9.17) is 4.42 Å². The average Bonchev–Trinajstić information content (AvgIpc) is 4.04. The van der Waals surface area contributed by atoms with Crippen molar-refractivity contribution in [1.82, 2.24) is 0 Å². The topological polar surface area (TPSA) is 16.4 Å². The van der Waals surface area contributed by atoms with Crippen LogP contribution in [0.25, 0.3) is 88.3 Å². The number of hydrogen-bond acceptors (Lipinski definition) is 2. The second-order valence-corrected chi connectivity index (χ2v) is 17.9. The maximum absolute atomic E-state index is 6.91. The van der Waals surface area contributed by atoms with Gasteiger partial charge in [0.15, 0.2) is 0 Å². The van der Waals surface area contributed by atoms with Crippen LogP contribution >= 0.6 is 0 Å². The molecule has 14 rings (SSSR count). The molecule has 2 nitrogen and oxygen atoms in total. The van der Waals surface area contributed by atoms with E-state index in [2.05, 4.69) is 254 Å². The molecule has 0 saturated carbocycles. The van der Waals surface area contributed by atoms with Crippen LogP contribution in [0.15, 0.2) is 253 Å². The van der Waals surface area contributed by atoms with Gasteiger partial charge in [0, 0.05) is 22.1 Å². The summed E-state index contributed by atoms with van der Waals surface area (Å²) in [7, 11) is 0. The van der Waals surface area contributed by atoms with E-state index in [1.807, 2.05) is 0 Å². The molecular weight excluding hydrogens is 811 g/mol. The first-order chi connectivity index (χ1) is 33.3. The minimum atomic E-state index is -0.423. The fourth-order valence-electron chi connectivity index (χ4n) is 11.7. The van der Waals surface area contributed by atoms with E-state index < -0.39 is 5.41 Å². The summed E-state index contributed by atoms with van der Waals surface area (Å²) in [5.41, 5.74) is 22.4. The Hall–Kier alpha value is -8.72. The van der Waals surface area contributed by atoms with Crippen molar-refractivity contribution in [2.24, 2.45) is 0 Å². The van der Waals surface area contributed by atoms with Crippen LogP contribution in [0.1, 0.15) is 22.3 Å². The third-order valence-corrected chi connectivity index (χ3v) is 14.5. The number of anilines is 3. The summed E-state index contributed by atoms with van der Waals surface area (Å²) in [4.78, 5) is 2.36. The maximum Gasteiger partial charge on any atom is 0.143 e. The van der Waals surface area contributed by atoms with Crippen molar-refractivity contribution < 1.29 is 4.42 Å². The van der Waals surface area contributed by atoms with Crippen LogP contribution in [0, 0.1) is 0 Å². The number of fused-ring (bicyclic) bond motifs is 15. The third kappa shape index (κ3) is 5.45. The minimum Gasteiger partial charge on any atom is -0.455 e. The molecule has 1 spiro atoms. The molecule has 2 aliphatic carbocycles. The summed E-state index contributed by atoms with van der Waals surface area (Å²) in [5, 5.41) is 4.43. The van der Waals surface area contributed by atoms with Crippen molar-refractivity contribution in [2.75, 3.05) is 4.90 Å². The molecule has 0 atom stereocenters. The number of rotatable bonds is 6. The van der Waals surface area contributed by atoms with Gasteiger partial charge in [0.25, 0.3) is 0 Å². The minimum absolute atomic E-state index is 0.423. The molecule has 12 aromatic rings. The highest BCUT2D eigenvalue weighted by atomic mass is 16.3. The lowest BCUT2D eigenvalue weighted by molar-refractivity contribution is 0.672. The van der Waals surface area contributed by atoms with Gasteiger partial charge in [0.05, 0.1) is 16.5 Å². The summed E-state index contributed by atoms with van der Waals surface area (Å²) in [6, 6.07) is 91.0. The normalized spacial score (nSPS) is 12.9. The third-order valence-electron chi connectivity index (χ3n) is 14.5. The molecular formula is C65H41NO. The van der Waals surface area contributed by atoms with Crippen LogP contribution in [-0.4, -0.2) is 0 Å². The van der Waals surface area contributed by atoms with Crippen molar-refractivity contribution in [3.63, 3.8) is 0 Å². The highest BCUT2D eigenvalue weighted by molar-refractivity contribution is 6.22. The molecule has 2 heteroatoms. The molecule has 0 fully saturated rings. The molecule has 0 aliphatic heterocycles. The van der Waals surface area contributed by atoms with Gasteiger partial charge in [-0.15, -0.1) is 0 Å². The van der Waals surface area contributed by atoms with Gasteiger partial charge in [-0.25, -0.2) is 0 Å². The van der Waals surface area contributed by atoms with E-state index in [0.29, 0.717) is 0 Å². The van der Waals surface area contributed by atoms with Gasteiger partial charge in [-0.1, -0.05) is 206 Å². The summed E-state index contributed by atoms with van der Waals surface area (Å²) in [6.45, 7) is 0. The van der Waals surface area contributed by atoms with Crippen molar-refractivity contribution >= 4 is 49.8 Å². The van der Waals surface area contributed by atoms with E-state index in [1.165, 1.54) is 72.3 Å². The largest absolute Gasteiger partial charge is 0.455 e. The molecule has 1 aromatic heterocycles. The fourth-order valence-corrected chi connectivity index (χ4v) is 11.7. The smallest absolute Gasteiger partial charge is 0.143 e. The van der Waals surface area contributed by atoms with Gasteiger partial charge in [-0.3, -0.25) is 0 Å². The Kier molecular flexibility index (Phi) is 8.23. The molecule has 0 bridgehead atoms. The zero-order chi connectivity index (χ0) is 44.1. The first kappa shape index (κ1) is 37.6. The van der Waals surface area contributed by atoms with Gasteiger partial charge in [0.2, 0.25) is 0 Å². The van der Waals surface area contributed by atoms with Crippen LogP contribution in [0.5, 0.6) is 0 Å². The first-order valence-corrected chi connectivity index (χ1v) is 23.2. The molecule has 0 radical (unpaired) electrons. The number of benzene rings is 11. The summed E-state index contributed by atoms with van der Waals surface area (Å²) >= 11 is 0. The van der Waals surface area contributed by atoms with E-state index >= 15 is 0 Å². The zero-order valence-corrected chi connectivity index (χ0v) is 36.5. The van der Waals surface area contributed by atoms with E-state index in [0.717, 1.165) is 55.3 Å². The number of nitrogens with zero attached hydrogens (tertiary/aromatic N) is 1. The molecule has 0 unspecified atom stereocenters. The zero-order valence-electron chi connectivity index (χ0n) is 36.5. The van der Waals surface area contributed by atoms with Crippen LogP contribution in [-0.2, 0) is 5.41 Å². The van der Waals surface area contributed by atoms with Crippen molar-refractivity contribution in [3.8, 4) is 55.6 Å². The van der Waals surface area contributed by atoms with Gasteiger partial charge in [-0.05, 0) is 126 Å². The Labute approximate surface area is 389 Å². The van der Waals surface area contributed by atoms with Gasteiger partial charge in [0.1, 0.15) is 11.2 Å². The van der Waals surface area contributed by atoms with Crippen molar-refractivity contribution in [3.05, 3.63) is 271 Å². The average molecular weight is 852 g/mol. The lowest BCUT2D eigenvalue weighted by Crippen LogP contribution is -2.26. The second-order valence-electron chi connectivity index (χ2n) is 17.9. The highest BCUT2D eigenvalue weighted by Crippen LogP contribution is 2.64. The molecule has 2 aliphatic rings. The van der Waals surface area contributed by atoms with Crippen LogP contribution < -0.4 is 4.90 Å². The van der Waals surface area contributed by atoms with Gasteiger partial charge >= 0.3 is 0 Å². The van der Waals surface area contributed by atoms with Crippen molar-refractivity contribution in [2.45, 2.75) is 5.41 Å². The number of hydrogen-bond donors (Lipinski definition) is 0. The SMILES string of the molecule is c1ccc(-c2ccc(N(c3ccccc3)c3cccc4oc5c6ccccc6c(-c6ccc(-c7cccc8c7C7(c9ccccc9-c9ccccc97)c7ccccc7-8)cc6)cc5c34)cc2)cc1. The predicted octanol–water partition coefficient (Wildman–Crippen LogP) is 17.6. The van der Waals surface area contributed by atoms with Crippen LogP contribution in [0.3, 0.4) is 0 Å². The lowest BCUT2D eigenvalue weighted by atomic mass is 9.68. The van der Waals surface area contributed by atoms with E-state index in [1.54, 1.807) is 0 Å². The molecule has 1 heterocycles. The van der Waals surface area contributed by atoms with E-state index in [9.17, 15) is 0 Å². The quantitative estimate of drug-likeness (QED) is 0.166. The Morgan fingerprint density at radius 1 is 0.313 bits per heavy atom. The molecule has 0 N–H and O–H groups in total. The Morgan fingerprint density at radius 3 is 1.46 bits per heavy atom. The van der Waals surface area contributed by atoms with E-state index in [-0.39, 0.29) is 0 Å². The van der Waals surface area contributed by atoms with Crippen molar-refractivity contribution in [1.29, 1.82) is 0 Å². The first-order valence-electron chi connectivity index (χ1n) is 23.2.